The number of hydrogen-bond donors (Lipinski definition) is 0. The molecule has 0 bridgehead atoms. The molecule has 422 valence electrons. The molecule has 0 atom stereocenters. The van der Waals surface area contributed by atoms with Crippen LogP contribution in [0.2, 0.25) is 0 Å². The predicted octanol–water partition coefficient (Wildman–Crippen LogP) is 22.8. The lowest BCUT2D eigenvalue weighted by molar-refractivity contribution is 0.686. The van der Waals surface area contributed by atoms with Crippen molar-refractivity contribution in [3.05, 3.63) is 251 Å². The Bertz CT molecular complexity index is 4660. The lowest BCUT2D eigenvalue weighted by atomic mass is 9.83. The molecule has 0 saturated carbocycles. The lowest BCUT2D eigenvalue weighted by Crippen LogP contribution is -2.18. The zero-order valence-corrected chi connectivity index (χ0v) is 50.6. The van der Waals surface area contributed by atoms with Gasteiger partial charge in [-0.2, -0.15) is 0 Å². The Balaban J connectivity index is 1.04. The van der Waals surface area contributed by atoms with Gasteiger partial charge in [-0.3, -0.25) is 0 Å². The highest BCUT2D eigenvalue weighted by atomic mass is 15.2. The third-order valence-corrected chi connectivity index (χ3v) is 19.9. The van der Waals surface area contributed by atoms with Crippen molar-refractivity contribution in [2.45, 2.75) is 118 Å². The van der Waals surface area contributed by atoms with Crippen LogP contribution in [0.5, 0.6) is 0 Å². The minimum Gasteiger partial charge on any atom is -0.307 e. The van der Waals surface area contributed by atoms with Crippen LogP contribution in [0.1, 0.15) is 124 Å². The van der Waals surface area contributed by atoms with Gasteiger partial charge in [0.2, 0.25) is 0 Å². The Morgan fingerprint density at radius 3 is 1.13 bits per heavy atom. The van der Waals surface area contributed by atoms with Crippen LogP contribution in [0.25, 0.3) is 87.3 Å². The van der Waals surface area contributed by atoms with E-state index < -0.39 is 0 Å². The molecule has 0 radical (unpaired) electrons. The highest BCUT2D eigenvalue weighted by molar-refractivity contribution is 6.30. The van der Waals surface area contributed by atoms with E-state index in [0.717, 1.165) is 38.5 Å². The monoisotopic (exact) mass is 1110 g/mol. The van der Waals surface area contributed by atoms with Crippen LogP contribution in [-0.4, -0.2) is 9.13 Å². The average Bonchev–Trinajstić information content (AvgIpc) is 1.02. The molecule has 0 N–H and O–H groups in total. The van der Waals surface area contributed by atoms with E-state index >= 15 is 0 Å². The van der Waals surface area contributed by atoms with E-state index in [1.807, 2.05) is 0 Å². The summed E-state index contributed by atoms with van der Waals surface area (Å²) in [5, 5.41) is 13.0. The van der Waals surface area contributed by atoms with Gasteiger partial charge in [0, 0.05) is 55.1 Å². The first-order valence-corrected chi connectivity index (χ1v) is 32.1. The molecule has 12 aromatic carbocycles. The van der Waals surface area contributed by atoms with Crippen molar-refractivity contribution in [2.75, 3.05) is 9.80 Å². The zero-order chi connectivity index (χ0) is 57.9. The van der Waals surface area contributed by atoms with Crippen molar-refractivity contribution < 1.29 is 0 Å². The second-order valence-electron chi connectivity index (χ2n) is 25.4. The molecular weight excluding hydrogens is 1040 g/mol. The molecule has 4 heteroatoms. The van der Waals surface area contributed by atoms with E-state index in [1.165, 1.54) is 192 Å². The molecule has 2 aliphatic rings. The number of nitrogens with zero attached hydrogens (tertiary/aromatic N) is 4. The van der Waals surface area contributed by atoms with Crippen LogP contribution < -0.4 is 9.80 Å². The number of anilines is 6. The zero-order valence-electron chi connectivity index (χ0n) is 50.6. The molecular formula is C82H74N4. The smallest absolute Gasteiger partial charge is 0.0782 e. The summed E-state index contributed by atoms with van der Waals surface area (Å²) in [4.78, 5) is 5.44. The Hall–Kier alpha value is -9.12. The van der Waals surface area contributed by atoms with Crippen LogP contribution in [0.15, 0.2) is 206 Å². The van der Waals surface area contributed by atoms with Crippen molar-refractivity contribution in [1.82, 2.24) is 9.13 Å². The largest absolute Gasteiger partial charge is 0.307 e. The third kappa shape index (κ3) is 8.08. The summed E-state index contributed by atoms with van der Waals surface area (Å²) in [6.45, 7) is 14.1. The Kier molecular flexibility index (Phi) is 12.7. The van der Waals surface area contributed by atoms with Crippen molar-refractivity contribution in [3.8, 4) is 11.4 Å². The fourth-order valence-electron chi connectivity index (χ4n) is 15.7. The van der Waals surface area contributed by atoms with Gasteiger partial charge < -0.3 is 18.9 Å². The van der Waals surface area contributed by atoms with E-state index in [1.54, 1.807) is 0 Å². The van der Waals surface area contributed by atoms with E-state index in [-0.39, 0.29) is 11.8 Å². The minimum atomic E-state index is 0.242. The molecule has 16 rings (SSSR count). The normalized spacial score (nSPS) is 13.6. The first-order chi connectivity index (χ1) is 42.3. The second-order valence-corrected chi connectivity index (χ2v) is 25.4. The van der Waals surface area contributed by atoms with Gasteiger partial charge in [-0.05, 0) is 215 Å². The number of fused-ring (bicyclic) bond motifs is 8. The van der Waals surface area contributed by atoms with Crippen molar-refractivity contribution in [1.29, 1.82) is 0 Å². The summed E-state index contributed by atoms with van der Waals surface area (Å²) in [5.74, 6) is 0.484. The van der Waals surface area contributed by atoms with Crippen LogP contribution in [0.4, 0.5) is 34.1 Å². The lowest BCUT2D eigenvalue weighted by Gasteiger charge is -2.34. The number of benzene rings is 12. The molecule has 0 unspecified atom stereocenters. The maximum atomic E-state index is 2.72. The van der Waals surface area contributed by atoms with Crippen LogP contribution in [-0.2, 0) is 38.5 Å². The molecule has 0 amide bonds. The molecule has 2 aliphatic carbocycles. The molecule has 0 saturated heterocycles. The summed E-state index contributed by atoms with van der Waals surface area (Å²) in [7, 11) is 0. The number of aryl methyl sites for hydroxylation is 4. The Labute approximate surface area is 505 Å². The van der Waals surface area contributed by atoms with E-state index in [0.29, 0.717) is 0 Å². The van der Waals surface area contributed by atoms with Gasteiger partial charge in [0.05, 0.1) is 44.8 Å². The minimum absolute atomic E-state index is 0.242. The molecule has 0 aliphatic heterocycles. The van der Waals surface area contributed by atoms with E-state index in [9.17, 15) is 0 Å². The molecule has 14 aromatic rings. The maximum absolute atomic E-state index is 2.72. The van der Waals surface area contributed by atoms with Crippen LogP contribution in [0.3, 0.4) is 0 Å². The third-order valence-electron chi connectivity index (χ3n) is 19.9. The topological polar surface area (TPSA) is 16.3 Å². The highest BCUT2D eigenvalue weighted by Gasteiger charge is 2.32. The van der Waals surface area contributed by atoms with Gasteiger partial charge in [0.15, 0.2) is 0 Å². The summed E-state index contributed by atoms with van der Waals surface area (Å²) in [6, 6.07) is 80.4. The SMILES string of the molecule is CCc1ccc(-n2c3ccccc3c3cccc(N(c4cccc5c4CCCC5)c4cc(C(C)C)c5ccc6c(N(c7cccc8c7CCCC8)c7cccc8c9ccccc9n(-c9ccc(CC)cc9)c78)cc(C(C)C)c7ccc4c5c76)c32)cc1. The summed E-state index contributed by atoms with van der Waals surface area (Å²) in [6.07, 6.45) is 11.1. The van der Waals surface area contributed by atoms with Gasteiger partial charge >= 0.3 is 0 Å². The van der Waals surface area contributed by atoms with Crippen molar-refractivity contribution in [2.24, 2.45) is 0 Å². The first kappa shape index (κ1) is 52.4. The molecule has 2 aromatic heterocycles. The molecule has 4 nitrogen and oxygen atoms in total. The highest BCUT2D eigenvalue weighted by Crippen LogP contribution is 2.55. The number of aromatic nitrogens is 2. The number of para-hydroxylation sites is 4. The van der Waals surface area contributed by atoms with Gasteiger partial charge in [0.25, 0.3) is 0 Å². The maximum Gasteiger partial charge on any atom is 0.0782 e. The number of hydrogen-bond acceptors (Lipinski definition) is 2. The van der Waals surface area contributed by atoms with Crippen LogP contribution >= 0.6 is 0 Å². The second kappa shape index (κ2) is 20.8. The van der Waals surface area contributed by atoms with E-state index in [2.05, 4.69) is 267 Å². The molecule has 86 heavy (non-hydrogen) atoms. The number of rotatable bonds is 12. The summed E-state index contributed by atoms with van der Waals surface area (Å²) >= 11 is 0. The van der Waals surface area contributed by atoms with Crippen molar-refractivity contribution >= 4 is 110 Å². The molecule has 0 fully saturated rings. The standard InChI is InChI=1S/C82H74N4/c1-7-53-37-41-57(42-38-53)83-73-31-15-13-27-61(73)65-29-19-35-75(81(65)83)85(71-33-17-23-55-21-9-11-25-59(55)71)77-49-69(51(3)4)63-46-48-68-78(50-70(52(5)6)64-45-47-67(77)79(63)80(64)68)86(72-34-18-24-56-22-10-12-26-60(56)72)76-36-20-30-66-62-28-14-16-32-74(62)84(82(66)76)58-43-39-54(8-2)40-44-58/h13-20,23-24,27-52H,7-12,21-22,25-26H2,1-6H3. The quantitative estimate of drug-likeness (QED) is 0.113. The Morgan fingerprint density at radius 2 is 0.709 bits per heavy atom. The van der Waals surface area contributed by atoms with Crippen molar-refractivity contribution in [3.63, 3.8) is 0 Å². The fourth-order valence-corrected chi connectivity index (χ4v) is 15.7. The van der Waals surface area contributed by atoms with Crippen LogP contribution in [0, 0.1) is 0 Å². The van der Waals surface area contributed by atoms with Gasteiger partial charge in [-0.1, -0.05) is 175 Å². The van der Waals surface area contributed by atoms with E-state index in [4.69, 9.17) is 0 Å². The molecule has 0 spiro atoms. The summed E-state index contributed by atoms with van der Waals surface area (Å²) < 4.78 is 5.11. The predicted molar refractivity (Wildman–Crippen MR) is 368 cm³/mol. The summed E-state index contributed by atoms with van der Waals surface area (Å²) in [5.41, 5.74) is 26.0. The van der Waals surface area contributed by atoms with Gasteiger partial charge in [-0.25, -0.2) is 0 Å². The van der Waals surface area contributed by atoms with Gasteiger partial charge in [0.1, 0.15) is 0 Å². The van der Waals surface area contributed by atoms with Gasteiger partial charge in [-0.15, -0.1) is 0 Å². The first-order valence-electron chi connectivity index (χ1n) is 32.1. The fraction of sp³-hybridized carbons (Fsp3) is 0.220. The Morgan fingerprint density at radius 1 is 0.337 bits per heavy atom. The molecule has 2 heterocycles. The average molecular weight is 1120 g/mol.